The van der Waals surface area contributed by atoms with Gasteiger partial charge >= 0.3 is 135 Å². The van der Waals surface area contributed by atoms with E-state index >= 15 is 0 Å². The molecule has 0 aromatic rings. The van der Waals surface area contributed by atoms with Crippen molar-refractivity contribution < 1.29 is 64.6 Å². The molecular formula is H4Ca2Na2O. The van der Waals surface area contributed by atoms with Crippen molar-refractivity contribution in [1.82, 2.24) is 0 Å². The first-order valence-electron chi connectivity index (χ1n) is 0. The average molecular weight is 146 g/mol. The summed E-state index contributed by atoms with van der Waals surface area (Å²) < 4.78 is 0. The first-order chi connectivity index (χ1) is 0. The smallest absolute Gasteiger partial charge is 1.00 e. The quantitative estimate of drug-likeness (QED) is 0.304. The van der Waals surface area contributed by atoms with Crippen LogP contribution in [0, 0.1) is 0 Å². The van der Waals surface area contributed by atoms with Crippen molar-refractivity contribution >= 4 is 75.5 Å². The van der Waals surface area contributed by atoms with Crippen LogP contribution in [0.25, 0.3) is 0 Å². The van der Waals surface area contributed by atoms with E-state index in [1.165, 1.54) is 0 Å². The Bertz CT molecular complexity index is 7.61. The summed E-state index contributed by atoms with van der Waals surface area (Å²) in [5.41, 5.74) is 0. The van der Waals surface area contributed by atoms with Crippen LogP contribution >= 0.6 is 0 Å². The third-order valence-electron chi connectivity index (χ3n) is 0. The molecule has 0 aliphatic carbocycles. The topological polar surface area (TPSA) is 28.5 Å². The fraction of sp³-hybridized carbons (Fsp3) is 0. The van der Waals surface area contributed by atoms with Gasteiger partial charge in [-0.15, -0.1) is 0 Å². The van der Waals surface area contributed by atoms with Crippen LogP contribution in [0.3, 0.4) is 0 Å². The van der Waals surface area contributed by atoms with E-state index in [9.17, 15) is 0 Å². The predicted octanol–water partition coefficient (Wildman–Crippen LogP) is -7.94. The molecule has 0 fully saturated rings. The Morgan fingerprint density at radius 3 is 0.600 bits per heavy atom. The molecule has 0 atom stereocenters. The van der Waals surface area contributed by atoms with Gasteiger partial charge < -0.3 is 5.48 Å². The Kier molecular flexibility index (Phi) is 161. The van der Waals surface area contributed by atoms with Gasteiger partial charge in [-0.25, -0.2) is 0 Å². The molecule has 5 heavy (non-hydrogen) atoms. The summed E-state index contributed by atoms with van der Waals surface area (Å²) >= 11 is 0. The van der Waals surface area contributed by atoms with Crippen LogP contribution in [0.15, 0.2) is 0 Å². The monoisotopic (exact) mass is 146 g/mol. The fourth-order valence-electron chi connectivity index (χ4n) is 0. The van der Waals surface area contributed by atoms with Crippen molar-refractivity contribution in [2.45, 2.75) is 0 Å². The van der Waals surface area contributed by atoms with Gasteiger partial charge in [0.25, 0.3) is 0 Å². The van der Waals surface area contributed by atoms with Crippen LogP contribution in [0.4, 0.5) is 0 Å². The second kappa shape index (κ2) is 23.6. The van der Waals surface area contributed by atoms with E-state index in [1.54, 1.807) is 0 Å². The molecule has 0 saturated carbocycles. The largest absolute Gasteiger partial charge is 2.00 e. The molecule has 0 aliphatic rings. The summed E-state index contributed by atoms with van der Waals surface area (Å²) in [5.74, 6) is 0. The van der Waals surface area contributed by atoms with Gasteiger partial charge in [0.2, 0.25) is 0 Å². The van der Waals surface area contributed by atoms with Gasteiger partial charge in [0.15, 0.2) is 0 Å². The molecule has 1 nitrogen and oxygen atoms in total. The van der Waals surface area contributed by atoms with Crippen LogP contribution in [0.5, 0.6) is 0 Å². The zero-order valence-electron chi connectivity index (χ0n) is 2.41. The zero-order valence-corrected chi connectivity index (χ0v) is 6.41. The SMILES string of the molecule is [CaH2].[CaH2].[Na+].[Na+].[O-2]. The average Bonchev–Trinajstić information content (AvgIpc) is 0. The van der Waals surface area contributed by atoms with Gasteiger partial charge in [-0.05, 0) is 0 Å². The van der Waals surface area contributed by atoms with Gasteiger partial charge in [0, 0.05) is 0 Å². The minimum Gasteiger partial charge on any atom is -2.00 e. The maximum atomic E-state index is 0. The summed E-state index contributed by atoms with van der Waals surface area (Å²) in [4.78, 5) is 0. The first kappa shape index (κ1) is 34.0. The molecule has 0 heterocycles. The standard InChI is InChI=1S/2Ca.2Na.O.4H/q;;2*+1;-2;;;;. The summed E-state index contributed by atoms with van der Waals surface area (Å²) in [7, 11) is 0. The number of hydrogen-bond donors (Lipinski definition) is 0. The normalized spacial score (nSPS) is 0. The molecule has 0 rings (SSSR count). The number of rotatable bonds is 0. The van der Waals surface area contributed by atoms with Crippen LogP contribution in [-0.4, -0.2) is 75.5 Å². The van der Waals surface area contributed by atoms with Crippen LogP contribution in [0.1, 0.15) is 0 Å². The molecule has 5 heteroatoms. The van der Waals surface area contributed by atoms with Gasteiger partial charge in [-0.3, -0.25) is 0 Å². The predicted molar refractivity (Wildman–Crippen MR) is 17.8 cm³/mol. The Labute approximate surface area is 136 Å². The Balaban J connectivity index is 0. The summed E-state index contributed by atoms with van der Waals surface area (Å²) in [5, 5.41) is 0. The van der Waals surface area contributed by atoms with E-state index in [0.717, 1.165) is 0 Å². The van der Waals surface area contributed by atoms with Crippen LogP contribution in [-0.2, 0) is 5.48 Å². The van der Waals surface area contributed by atoms with Gasteiger partial charge in [-0.1, -0.05) is 0 Å². The Hall–Kier alpha value is 4.48. The van der Waals surface area contributed by atoms with E-state index < -0.39 is 0 Å². The molecule has 0 bridgehead atoms. The van der Waals surface area contributed by atoms with Gasteiger partial charge in [0.05, 0.1) is 0 Å². The summed E-state index contributed by atoms with van der Waals surface area (Å²) in [6, 6.07) is 0. The van der Waals surface area contributed by atoms with Gasteiger partial charge in [-0.2, -0.15) is 0 Å². The maximum Gasteiger partial charge on any atom is 1.00 e. The molecule has 0 radical (unpaired) electrons. The molecule has 0 amide bonds. The van der Waals surface area contributed by atoms with E-state index in [1.807, 2.05) is 0 Å². The second-order valence-electron chi connectivity index (χ2n) is 0. The van der Waals surface area contributed by atoms with Crippen molar-refractivity contribution in [1.29, 1.82) is 0 Å². The molecule has 0 spiro atoms. The van der Waals surface area contributed by atoms with Crippen molar-refractivity contribution in [3.05, 3.63) is 0 Å². The minimum atomic E-state index is 0. The van der Waals surface area contributed by atoms with Crippen molar-refractivity contribution in [2.24, 2.45) is 0 Å². The number of hydrogen-bond acceptors (Lipinski definition) is 0. The van der Waals surface area contributed by atoms with Crippen LogP contribution in [0.2, 0.25) is 0 Å². The molecule has 0 aromatic carbocycles. The van der Waals surface area contributed by atoms with E-state index in [-0.39, 0.29) is 140 Å². The van der Waals surface area contributed by atoms with Crippen molar-refractivity contribution in [2.75, 3.05) is 0 Å². The molecule has 0 saturated heterocycles. The third kappa shape index (κ3) is 17.7. The molecule has 0 unspecified atom stereocenters. The van der Waals surface area contributed by atoms with E-state index in [2.05, 4.69) is 0 Å². The Morgan fingerprint density at radius 1 is 0.600 bits per heavy atom. The molecule has 0 aromatic heterocycles. The Morgan fingerprint density at radius 2 is 0.600 bits per heavy atom. The van der Waals surface area contributed by atoms with E-state index in [4.69, 9.17) is 0 Å². The molecular weight excluding hydrogens is 142 g/mol. The second-order valence-corrected chi connectivity index (χ2v) is 0. The summed E-state index contributed by atoms with van der Waals surface area (Å²) in [6.45, 7) is 0. The maximum absolute atomic E-state index is 0. The van der Waals surface area contributed by atoms with Crippen molar-refractivity contribution in [3.8, 4) is 0 Å². The summed E-state index contributed by atoms with van der Waals surface area (Å²) in [6.07, 6.45) is 0. The molecule has 0 N–H and O–H groups in total. The molecule has 0 aliphatic heterocycles. The third-order valence-corrected chi connectivity index (χ3v) is 0. The molecule has 16 valence electrons. The zero-order chi connectivity index (χ0) is 0. The van der Waals surface area contributed by atoms with Gasteiger partial charge in [0.1, 0.15) is 0 Å². The van der Waals surface area contributed by atoms with Crippen LogP contribution < -0.4 is 59.1 Å². The first-order valence-corrected chi connectivity index (χ1v) is 0. The minimum absolute atomic E-state index is 0. The van der Waals surface area contributed by atoms with Crippen molar-refractivity contribution in [3.63, 3.8) is 0 Å². The van der Waals surface area contributed by atoms with E-state index in [0.29, 0.717) is 0 Å². The fourth-order valence-corrected chi connectivity index (χ4v) is 0.